The van der Waals surface area contributed by atoms with Crippen LogP contribution in [-0.4, -0.2) is 58.1 Å². The van der Waals surface area contributed by atoms with E-state index in [-0.39, 0.29) is 24.9 Å². The Balaban J connectivity index is 1.80. The third-order valence-corrected chi connectivity index (χ3v) is 4.27. The minimum atomic E-state index is -0.147. The lowest BCUT2D eigenvalue weighted by molar-refractivity contribution is -0.862. The Bertz CT molecular complexity index is 792. The molecule has 0 bridgehead atoms. The number of anilines is 1. The summed E-state index contributed by atoms with van der Waals surface area (Å²) in [6, 6.07) is 14.7. The van der Waals surface area contributed by atoms with Gasteiger partial charge in [-0.15, -0.1) is 0 Å². The van der Waals surface area contributed by atoms with Crippen molar-refractivity contribution < 1.29 is 24.0 Å². The van der Waals surface area contributed by atoms with Gasteiger partial charge in [0.1, 0.15) is 11.5 Å². The molecule has 0 aliphatic rings. The van der Waals surface area contributed by atoms with E-state index in [4.69, 9.17) is 9.47 Å². The van der Waals surface area contributed by atoms with Crippen LogP contribution in [0.15, 0.2) is 48.5 Å². The molecule has 28 heavy (non-hydrogen) atoms. The number of quaternary nitrogens is 1. The molecular formula is C21H28N3O4+. The van der Waals surface area contributed by atoms with Crippen LogP contribution in [0.5, 0.6) is 11.5 Å². The summed E-state index contributed by atoms with van der Waals surface area (Å²) in [6.45, 7) is 0.919. The van der Waals surface area contributed by atoms with Gasteiger partial charge in [0.05, 0.1) is 21.3 Å². The number of nitrogens with one attached hydrogen (secondary N) is 2. The number of rotatable bonds is 9. The van der Waals surface area contributed by atoms with Crippen molar-refractivity contribution in [2.45, 2.75) is 6.54 Å². The Morgan fingerprint density at radius 1 is 1.00 bits per heavy atom. The van der Waals surface area contributed by atoms with Gasteiger partial charge in [0.15, 0.2) is 13.1 Å². The number of carbonyl (C=O) groups is 2. The van der Waals surface area contributed by atoms with E-state index < -0.39 is 0 Å². The molecule has 2 aromatic carbocycles. The highest BCUT2D eigenvalue weighted by Crippen LogP contribution is 2.15. The minimum Gasteiger partial charge on any atom is -0.497 e. The summed E-state index contributed by atoms with van der Waals surface area (Å²) in [5, 5.41) is 2.82. The fraction of sp³-hybridized carbons (Fsp3) is 0.333. The first-order valence-electron chi connectivity index (χ1n) is 9.03. The van der Waals surface area contributed by atoms with E-state index in [2.05, 4.69) is 5.32 Å². The van der Waals surface area contributed by atoms with Gasteiger partial charge >= 0.3 is 0 Å². The zero-order chi connectivity index (χ0) is 20.5. The standard InChI is InChI=1S/C21H27N3O4/c1-23(14-20(25)22-17-8-10-18(27-3)11-9-17)15-21(26)24(2)13-16-6-5-7-19(12-16)28-4/h5-12H,13-15H2,1-4H3,(H,22,25)/p+1. The quantitative estimate of drug-likeness (QED) is 0.669. The van der Waals surface area contributed by atoms with Crippen molar-refractivity contribution in [3.8, 4) is 11.5 Å². The second-order valence-corrected chi connectivity index (χ2v) is 6.69. The van der Waals surface area contributed by atoms with E-state index >= 15 is 0 Å². The number of carbonyl (C=O) groups excluding carboxylic acids is 2. The Morgan fingerprint density at radius 2 is 1.68 bits per heavy atom. The average Bonchev–Trinajstić information content (AvgIpc) is 2.68. The molecule has 0 aliphatic carbocycles. The molecule has 0 saturated heterocycles. The van der Waals surface area contributed by atoms with E-state index in [9.17, 15) is 9.59 Å². The molecule has 150 valence electrons. The molecule has 7 nitrogen and oxygen atoms in total. The van der Waals surface area contributed by atoms with Crippen LogP contribution in [0.3, 0.4) is 0 Å². The van der Waals surface area contributed by atoms with E-state index in [0.29, 0.717) is 12.2 Å². The molecule has 7 heteroatoms. The first-order valence-corrected chi connectivity index (χ1v) is 9.03. The highest BCUT2D eigenvalue weighted by Gasteiger charge is 2.17. The summed E-state index contributed by atoms with van der Waals surface area (Å²) >= 11 is 0. The topological polar surface area (TPSA) is 72.3 Å². The number of amides is 2. The number of likely N-dealkylation sites (N-methyl/N-ethyl adjacent to an activating group) is 2. The zero-order valence-corrected chi connectivity index (χ0v) is 16.8. The predicted octanol–water partition coefficient (Wildman–Crippen LogP) is 0.816. The third-order valence-electron chi connectivity index (χ3n) is 4.27. The Kier molecular flexibility index (Phi) is 7.83. The van der Waals surface area contributed by atoms with E-state index in [1.54, 1.807) is 50.4 Å². The zero-order valence-electron chi connectivity index (χ0n) is 16.8. The maximum atomic E-state index is 12.5. The predicted molar refractivity (Wildman–Crippen MR) is 108 cm³/mol. The number of hydrogen-bond donors (Lipinski definition) is 2. The van der Waals surface area contributed by atoms with Crippen LogP contribution < -0.4 is 19.7 Å². The molecule has 1 unspecified atom stereocenters. The lowest BCUT2D eigenvalue weighted by atomic mass is 10.2. The molecule has 2 amide bonds. The molecule has 0 heterocycles. The minimum absolute atomic E-state index is 0.0300. The number of benzene rings is 2. The van der Waals surface area contributed by atoms with Gasteiger partial charge in [-0.1, -0.05) is 12.1 Å². The second kappa shape index (κ2) is 10.3. The molecule has 1 atom stereocenters. The average molecular weight is 386 g/mol. The number of hydrogen-bond acceptors (Lipinski definition) is 4. The van der Waals surface area contributed by atoms with Gasteiger partial charge in [-0.2, -0.15) is 0 Å². The van der Waals surface area contributed by atoms with Crippen LogP contribution in [0.25, 0.3) is 0 Å². The summed E-state index contributed by atoms with van der Waals surface area (Å²) in [7, 11) is 6.79. The van der Waals surface area contributed by atoms with Crippen LogP contribution in [-0.2, 0) is 16.1 Å². The molecule has 0 aromatic heterocycles. The van der Waals surface area contributed by atoms with E-state index in [0.717, 1.165) is 22.0 Å². The van der Waals surface area contributed by atoms with E-state index in [1.807, 2.05) is 31.3 Å². The molecule has 0 saturated carbocycles. The lowest BCUT2D eigenvalue weighted by Crippen LogP contribution is -3.11. The highest BCUT2D eigenvalue weighted by atomic mass is 16.5. The number of ether oxygens (including phenoxy) is 2. The van der Waals surface area contributed by atoms with Gasteiger partial charge in [0.25, 0.3) is 11.8 Å². The summed E-state index contributed by atoms with van der Waals surface area (Å²) < 4.78 is 10.3. The van der Waals surface area contributed by atoms with Gasteiger partial charge in [0, 0.05) is 19.3 Å². The molecular weight excluding hydrogens is 358 g/mol. The van der Waals surface area contributed by atoms with Crippen molar-refractivity contribution in [1.29, 1.82) is 0 Å². The number of methoxy groups -OCH3 is 2. The van der Waals surface area contributed by atoms with Gasteiger partial charge in [0.2, 0.25) is 0 Å². The molecule has 0 radical (unpaired) electrons. The smallest absolute Gasteiger partial charge is 0.279 e. The maximum Gasteiger partial charge on any atom is 0.279 e. The van der Waals surface area contributed by atoms with Crippen LogP contribution in [0.4, 0.5) is 5.69 Å². The van der Waals surface area contributed by atoms with Gasteiger partial charge in [-0.25, -0.2) is 0 Å². The number of nitrogens with zero attached hydrogens (tertiary/aromatic N) is 1. The molecule has 2 aromatic rings. The first-order chi connectivity index (χ1) is 13.4. The Hall–Kier alpha value is -3.06. The highest BCUT2D eigenvalue weighted by molar-refractivity contribution is 5.91. The summed E-state index contributed by atoms with van der Waals surface area (Å²) in [4.78, 5) is 27.1. The van der Waals surface area contributed by atoms with Crippen LogP contribution >= 0.6 is 0 Å². The fourth-order valence-electron chi connectivity index (χ4n) is 2.74. The first kappa shape index (κ1) is 21.2. The monoisotopic (exact) mass is 386 g/mol. The van der Waals surface area contributed by atoms with Crippen molar-refractivity contribution in [2.75, 3.05) is 46.7 Å². The van der Waals surface area contributed by atoms with E-state index in [1.165, 1.54) is 0 Å². The second-order valence-electron chi connectivity index (χ2n) is 6.69. The van der Waals surface area contributed by atoms with Crippen LogP contribution in [0.1, 0.15) is 5.56 Å². The van der Waals surface area contributed by atoms with Gasteiger partial charge < -0.3 is 24.6 Å². The van der Waals surface area contributed by atoms with Crippen LogP contribution in [0.2, 0.25) is 0 Å². The summed E-state index contributed by atoms with van der Waals surface area (Å²) in [5.74, 6) is 1.31. The fourth-order valence-corrected chi connectivity index (χ4v) is 2.74. The normalized spacial score (nSPS) is 11.4. The maximum absolute atomic E-state index is 12.5. The van der Waals surface area contributed by atoms with Crippen molar-refractivity contribution >= 4 is 17.5 Å². The van der Waals surface area contributed by atoms with Gasteiger partial charge in [-0.05, 0) is 42.0 Å². The Labute approximate surface area is 165 Å². The molecule has 0 spiro atoms. The van der Waals surface area contributed by atoms with Crippen molar-refractivity contribution in [1.82, 2.24) is 4.90 Å². The van der Waals surface area contributed by atoms with Gasteiger partial charge in [-0.3, -0.25) is 9.59 Å². The Morgan fingerprint density at radius 3 is 2.32 bits per heavy atom. The molecule has 0 aliphatic heterocycles. The lowest BCUT2D eigenvalue weighted by Gasteiger charge is -2.20. The SMILES string of the molecule is COc1ccc(NC(=O)C[NH+](C)CC(=O)N(C)Cc2cccc(OC)c2)cc1. The third kappa shape index (κ3) is 6.59. The molecule has 0 fully saturated rings. The summed E-state index contributed by atoms with van der Waals surface area (Å²) in [6.07, 6.45) is 0. The largest absolute Gasteiger partial charge is 0.497 e. The summed E-state index contributed by atoms with van der Waals surface area (Å²) in [5.41, 5.74) is 1.69. The van der Waals surface area contributed by atoms with Crippen molar-refractivity contribution in [3.05, 3.63) is 54.1 Å². The van der Waals surface area contributed by atoms with Crippen molar-refractivity contribution in [2.24, 2.45) is 0 Å². The molecule has 2 rings (SSSR count). The van der Waals surface area contributed by atoms with Crippen LogP contribution in [0, 0.1) is 0 Å². The molecule has 2 N–H and O–H groups in total. The van der Waals surface area contributed by atoms with Crippen molar-refractivity contribution in [3.63, 3.8) is 0 Å².